The van der Waals surface area contributed by atoms with Crippen LogP contribution in [0.5, 0.6) is 0 Å². The van der Waals surface area contributed by atoms with Crippen LogP contribution in [-0.4, -0.2) is 41.1 Å². The maximum atomic E-state index is 12.0. The van der Waals surface area contributed by atoms with Gasteiger partial charge in [0.2, 0.25) is 5.91 Å². The molecule has 0 aromatic carbocycles. The van der Waals surface area contributed by atoms with Gasteiger partial charge in [0.1, 0.15) is 5.60 Å². The molecule has 2 heterocycles. The summed E-state index contributed by atoms with van der Waals surface area (Å²) in [6.45, 7) is 8.98. The van der Waals surface area contributed by atoms with E-state index in [0.717, 1.165) is 6.42 Å². The molecule has 0 saturated carbocycles. The molecule has 2 atom stereocenters. The molecule has 1 spiro atoms. The van der Waals surface area contributed by atoms with Crippen molar-refractivity contribution in [1.82, 2.24) is 10.2 Å². The van der Waals surface area contributed by atoms with Gasteiger partial charge >= 0.3 is 6.09 Å². The van der Waals surface area contributed by atoms with E-state index in [-0.39, 0.29) is 23.5 Å². The van der Waals surface area contributed by atoms with Crippen molar-refractivity contribution in [2.24, 2.45) is 5.92 Å². The van der Waals surface area contributed by atoms with Gasteiger partial charge in [0.25, 0.3) is 0 Å². The highest BCUT2D eigenvalue weighted by atomic mass is 16.6. The zero-order valence-electron chi connectivity index (χ0n) is 11.6. The molecule has 0 radical (unpaired) electrons. The Bertz CT molecular complexity index is 365. The number of amides is 2. The van der Waals surface area contributed by atoms with E-state index in [1.54, 1.807) is 4.90 Å². The quantitative estimate of drug-likeness (QED) is 0.667. The number of hydrogen-bond acceptors (Lipinski definition) is 3. The van der Waals surface area contributed by atoms with Crippen LogP contribution in [0.25, 0.3) is 0 Å². The van der Waals surface area contributed by atoms with Gasteiger partial charge in [-0.3, -0.25) is 4.79 Å². The maximum Gasteiger partial charge on any atom is 0.410 e. The van der Waals surface area contributed by atoms with E-state index >= 15 is 0 Å². The number of nitrogens with zero attached hydrogens (tertiary/aromatic N) is 1. The second-order valence-corrected chi connectivity index (χ2v) is 6.46. The first kappa shape index (κ1) is 13.2. The average molecular weight is 254 g/mol. The van der Waals surface area contributed by atoms with Gasteiger partial charge < -0.3 is 15.0 Å². The van der Waals surface area contributed by atoms with E-state index in [4.69, 9.17) is 4.74 Å². The largest absolute Gasteiger partial charge is 0.444 e. The minimum Gasteiger partial charge on any atom is -0.444 e. The summed E-state index contributed by atoms with van der Waals surface area (Å²) < 4.78 is 5.37. The molecule has 0 aliphatic carbocycles. The molecule has 5 nitrogen and oxygen atoms in total. The topological polar surface area (TPSA) is 58.6 Å². The van der Waals surface area contributed by atoms with Crippen molar-refractivity contribution in [3.8, 4) is 0 Å². The SMILES string of the molecule is CC1CN(C(=O)OC(C)(C)C)CCC12CC(=O)N2. The van der Waals surface area contributed by atoms with Gasteiger partial charge in [0.05, 0.1) is 12.0 Å². The number of hydrogen-bond donors (Lipinski definition) is 1. The number of rotatable bonds is 0. The predicted molar refractivity (Wildman–Crippen MR) is 67.1 cm³/mol. The van der Waals surface area contributed by atoms with Crippen LogP contribution in [0, 0.1) is 5.92 Å². The molecule has 2 fully saturated rings. The number of carbonyl (C=O) groups is 2. The molecule has 2 unspecified atom stereocenters. The van der Waals surface area contributed by atoms with E-state index in [0.29, 0.717) is 19.5 Å². The van der Waals surface area contributed by atoms with E-state index in [1.807, 2.05) is 20.8 Å². The fourth-order valence-electron chi connectivity index (χ4n) is 2.66. The molecule has 2 aliphatic heterocycles. The molecule has 1 N–H and O–H groups in total. The Labute approximate surface area is 108 Å². The lowest BCUT2D eigenvalue weighted by Crippen LogP contribution is -2.69. The number of nitrogens with one attached hydrogen (secondary N) is 1. The van der Waals surface area contributed by atoms with Gasteiger partial charge in [-0.2, -0.15) is 0 Å². The third-order valence-electron chi connectivity index (χ3n) is 3.78. The van der Waals surface area contributed by atoms with Gasteiger partial charge in [-0.15, -0.1) is 0 Å². The molecule has 2 rings (SSSR count). The van der Waals surface area contributed by atoms with Gasteiger partial charge in [-0.1, -0.05) is 6.92 Å². The molecule has 18 heavy (non-hydrogen) atoms. The van der Waals surface area contributed by atoms with Crippen LogP contribution in [0.15, 0.2) is 0 Å². The van der Waals surface area contributed by atoms with Crippen molar-refractivity contribution in [2.75, 3.05) is 13.1 Å². The standard InChI is InChI=1S/C13H22N2O3/c1-9-8-15(11(17)18-12(2,3)4)6-5-13(9)7-10(16)14-13/h9H,5-8H2,1-4H3,(H,14,16). The molecule has 0 aromatic rings. The minimum atomic E-state index is -0.458. The van der Waals surface area contributed by atoms with Gasteiger partial charge in [0, 0.05) is 13.1 Å². The molecule has 2 amide bonds. The van der Waals surface area contributed by atoms with Crippen molar-refractivity contribution < 1.29 is 14.3 Å². The normalized spacial score (nSPS) is 31.9. The van der Waals surface area contributed by atoms with E-state index < -0.39 is 5.60 Å². The number of carbonyl (C=O) groups excluding carboxylic acids is 2. The zero-order valence-corrected chi connectivity index (χ0v) is 11.6. The highest BCUT2D eigenvalue weighted by Gasteiger charge is 2.50. The summed E-state index contributed by atoms with van der Waals surface area (Å²) in [7, 11) is 0. The second kappa shape index (κ2) is 4.14. The molecule has 102 valence electrons. The van der Waals surface area contributed by atoms with Crippen LogP contribution in [0.4, 0.5) is 4.79 Å². The molecule has 0 aromatic heterocycles. The Hall–Kier alpha value is -1.26. The molecule has 0 bridgehead atoms. The maximum absolute atomic E-state index is 12.0. The van der Waals surface area contributed by atoms with Crippen molar-refractivity contribution in [3.05, 3.63) is 0 Å². The van der Waals surface area contributed by atoms with Crippen molar-refractivity contribution in [3.63, 3.8) is 0 Å². The lowest BCUT2D eigenvalue weighted by Gasteiger charge is -2.52. The van der Waals surface area contributed by atoms with Gasteiger partial charge in [0.15, 0.2) is 0 Å². The smallest absolute Gasteiger partial charge is 0.410 e. The number of piperidine rings is 1. The molecule has 2 saturated heterocycles. The lowest BCUT2D eigenvalue weighted by molar-refractivity contribution is -0.137. The average Bonchev–Trinajstić information content (AvgIpc) is 2.16. The summed E-state index contributed by atoms with van der Waals surface area (Å²) in [4.78, 5) is 24.8. The fraction of sp³-hybridized carbons (Fsp3) is 0.846. The Morgan fingerprint density at radius 1 is 1.50 bits per heavy atom. The Morgan fingerprint density at radius 3 is 2.56 bits per heavy atom. The monoisotopic (exact) mass is 254 g/mol. The summed E-state index contributed by atoms with van der Waals surface area (Å²) in [6.07, 6.45) is 1.16. The fourth-order valence-corrected chi connectivity index (χ4v) is 2.66. The molecule has 2 aliphatic rings. The summed E-state index contributed by atoms with van der Waals surface area (Å²) in [5.41, 5.74) is -0.532. The van der Waals surface area contributed by atoms with Crippen molar-refractivity contribution in [2.45, 2.75) is 51.7 Å². The summed E-state index contributed by atoms with van der Waals surface area (Å²) in [5, 5.41) is 3.00. The molecular formula is C13H22N2O3. The van der Waals surface area contributed by atoms with Crippen LogP contribution in [0.3, 0.4) is 0 Å². The highest BCUT2D eigenvalue weighted by Crippen LogP contribution is 2.36. The van der Waals surface area contributed by atoms with Gasteiger partial charge in [-0.25, -0.2) is 4.79 Å². The molecular weight excluding hydrogens is 232 g/mol. The first-order chi connectivity index (χ1) is 8.22. The third-order valence-corrected chi connectivity index (χ3v) is 3.78. The first-order valence-electron chi connectivity index (χ1n) is 6.51. The van der Waals surface area contributed by atoms with Crippen molar-refractivity contribution >= 4 is 12.0 Å². The summed E-state index contributed by atoms with van der Waals surface area (Å²) >= 11 is 0. The summed E-state index contributed by atoms with van der Waals surface area (Å²) in [5.74, 6) is 0.393. The zero-order chi connectivity index (χ0) is 13.6. The second-order valence-electron chi connectivity index (χ2n) is 6.46. The van der Waals surface area contributed by atoms with E-state index in [2.05, 4.69) is 12.2 Å². The highest BCUT2D eigenvalue weighted by molar-refractivity contribution is 5.85. The minimum absolute atomic E-state index is 0.0738. The third kappa shape index (κ3) is 2.44. The first-order valence-corrected chi connectivity index (χ1v) is 6.51. The van der Waals surface area contributed by atoms with Crippen molar-refractivity contribution in [1.29, 1.82) is 0 Å². The van der Waals surface area contributed by atoms with Crippen LogP contribution in [-0.2, 0) is 9.53 Å². The number of likely N-dealkylation sites (tertiary alicyclic amines) is 1. The van der Waals surface area contributed by atoms with Crippen LogP contribution in [0.2, 0.25) is 0 Å². The van der Waals surface area contributed by atoms with E-state index in [1.165, 1.54) is 0 Å². The Balaban J connectivity index is 1.92. The molecule has 5 heteroatoms. The Morgan fingerprint density at radius 2 is 2.11 bits per heavy atom. The van der Waals surface area contributed by atoms with E-state index in [9.17, 15) is 9.59 Å². The number of β-lactam (4-membered cyclic amide) rings is 1. The van der Waals surface area contributed by atoms with Crippen LogP contribution >= 0.6 is 0 Å². The van der Waals surface area contributed by atoms with Gasteiger partial charge in [-0.05, 0) is 33.1 Å². The summed E-state index contributed by atoms with van der Waals surface area (Å²) in [6, 6.07) is 0. The van der Waals surface area contributed by atoms with Crippen LogP contribution < -0.4 is 5.32 Å². The number of ether oxygens (including phenoxy) is 1. The Kier molecular flexibility index (Phi) is 3.03. The predicted octanol–water partition coefficient (Wildman–Crippen LogP) is 1.52. The lowest BCUT2D eigenvalue weighted by atomic mass is 9.71. The van der Waals surface area contributed by atoms with Crippen LogP contribution in [0.1, 0.15) is 40.5 Å².